The SMILES string of the molecule is COc1ccccc1NC(=O)CCN(C)C1CCNCC1. The van der Waals surface area contributed by atoms with Crippen molar-refractivity contribution in [3.63, 3.8) is 0 Å². The molecule has 0 unspecified atom stereocenters. The van der Waals surface area contributed by atoms with E-state index >= 15 is 0 Å². The molecule has 0 spiro atoms. The molecule has 0 bridgehead atoms. The Morgan fingerprint density at radius 3 is 2.81 bits per heavy atom. The minimum atomic E-state index is 0.0280. The largest absolute Gasteiger partial charge is 0.495 e. The predicted octanol–water partition coefficient (Wildman–Crippen LogP) is 1.71. The first-order valence-electron chi connectivity index (χ1n) is 7.54. The number of carbonyl (C=O) groups excluding carboxylic acids is 1. The number of methoxy groups -OCH3 is 1. The van der Waals surface area contributed by atoms with Gasteiger partial charge >= 0.3 is 0 Å². The van der Waals surface area contributed by atoms with Crippen LogP contribution in [0.2, 0.25) is 0 Å². The zero-order chi connectivity index (χ0) is 15.1. The number of piperidine rings is 1. The van der Waals surface area contributed by atoms with Crippen molar-refractivity contribution in [3.8, 4) is 5.75 Å². The Balaban J connectivity index is 1.79. The minimum Gasteiger partial charge on any atom is -0.495 e. The van der Waals surface area contributed by atoms with Crippen LogP contribution in [0.25, 0.3) is 0 Å². The van der Waals surface area contributed by atoms with Crippen LogP contribution in [0.4, 0.5) is 5.69 Å². The van der Waals surface area contributed by atoms with Crippen LogP contribution in [-0.2, 0) is 4.79 Å². The molecule has 0 atom stereocenters. The third kappa shape index (κ3) is 4.72. The Labute approximate surface area is 126 Å². The Bertz CT molecular complexity index is 459. The van der Waals surface area contributed by atoms with E-state index < -0.39 is 0 Å². The van der Waals surface area contributed by atoms with Crippen LogP contribution in [0.15, 0.2) is 24.3 Å². The van der Waals surface area contributed by atoms with Gasteiger partial charge in [0.15, 0.2) is 0 Å². The second-order valence-corrected chi connectivity index (χ2v) is 5.46. The number of anilines is 1. The van der Waals surface area contributed by atoms with Gasteiger partial charge in [0.05, 0.1) is 12.8 Å². The van der Waals surface area contributed by atoms with Gasteiger partial charge in [-0.3, -0.25) is 4.79 Å². The summed E-state index contributed by atoms with van der Waals surface area (Å²) < 4.78 is 5.23. The summed E-state index contributed by atoms with van der Waals surface area (Å²) in [5, 5.41) is 6.28. The van der Waals surface area contributed by atoms with E-state index in [9.17, 15) is 4.79 Å². The molecule has 0 radical (unpaired) electrons. The molecule has 1 aromatic rings. The first-order valence-corrected chi connectivity index (χ1v) is 7.54. The fraction of sp³-hybridized carbons (Fsp3) is 0.562. The summed E-state index contributed by atoms with van der Waals surface area (Å²) in [6, 6.07) is 8.06. The monoisotopic (exact) mass is 291 g/mol. The van der Waals surface area contributed by atoms with Crippen molar-refractivity contribution >= 4 is 11.6 Å². The molecular weight excluding hydrogens is 266 g/mol. The number of nitrogens with one attached hydrogen (secondary N) is 2. The van der Waals surface area contributed by atoms with Gasteiger partial charge in [0.2, 0.25) is 5.91 Å². The quantitative estimate of drug-likeness (QED) is 0.838. The van der Waals surface area contributed by atoms with Gasteiger partial charge in [0, 0.05) is 19.0 Å². The van der Waals surface area contributed by atoms with E-state index in [0.717, 1.165) is 38.2 Å². The fourth-order valence-electron chi connectivity index (χ4n) is 2.67. The topological polar surface area (TPSA) is 53.6 Å². The third-order valence-electron chi connectivity index (χ3n) is 4.00. The molecule has 2 N–H and O–H groups in total. The first-order chi connectivity index (χ1) is 10.2. The number of hydrogen-bond acceptors (Lipinski definition) is 4. The van der Waals surface area contributed by atoms with E-state index in [4.69, 9.17) is 4.74 Å². The number of amides is 1. The molecule has 1 amide bonds. The molecule has 0 aromatic heterocycles. The van der Waals surface area contributed by atoms with Gasteiger partial charge in [0.25, 0.3) is 0 Å². The maximum atomic E-state index is 12.1. The molecule has 1 aliphatic heterocycles. The van der Waals surface area contributed by atoms with Crippen molar-refractivity contribution in [2.75, 3.05) is 39.1 Å². The summed E-state index contributed by atoms with van der Waals surface area (Å²) in [5.74, 6) is 0.720. The van der Waals surface area contributed by atoms with Crippen LogP contribution >= 0.6 is 0 Å². The lowest BCUT2D eigenvalue weighted by atomic mass is 10.1. The van der Waals surface area contributed by atoms with E-state index in [1.165, 1.54) is 0 Å². The van der Waals surface area contributed by atoms with Crippen LogP contribution in [0, 0.1) is 0 Å². The molecule has 5 heteroatoms. The average Bonchev–Trinajstić information content (AvgIpc) is 2.54. The van der Waals surface area contributed by atoms with Crippen molar-refractivity contribution in [3.05, 3.63) is 24.3 Å². The number of hydrogen-bond donors (Lipinski definition) is 2. The molecule has 1 saturated heterocycles. The molecule has 5 nitrogen and oxygen atoms in total. The van der Waals surface area contributed by atoms with Crippen LogP contribution in [-0.4, -0.2) is 50.6 Å². The molecule has 116 valence electrons. The zero-order valence-electron chi connectivity index (χ0n) is 12.9. The number of rotatable bonds is 6. The Morgan fingerprint density at radius 1 is 1.38 bits per heavy atom. The van der Waals surface area contributed by atoms with Gasteiger partial charge in [-0.25, -0.2) is 0 Å². The predicted molar refractivity (Wildman–Crippen MR) is 84.8 cm³/mol. The molecule has 1 heterocycles. The second kappa shape index (κ2) is 8.00. The second-order valence-electron chi connectivity index (χ2n) is 5.46. The lowest BCUT2D eigenvalue weighted by Crippen LogP contribution is -2.42. The molecule has 0 saturated carbocycles. The van der Waals surface area contributed by atoms with Gasteiger partial charge in [0.1, 0.15) is 5.75 Å². The van der Waals surface area contributed by atoms with E-state index in [1.807, 2.05) is 24.3 Å². The summed E-state index contributed by atoms with van der Waals surface area (Å²) in [7, 11) is 3.71. The van der Waals surface area contributed by atoms with E-state index in [1.54, 1.807) is 7.11 Å². The standard InChI is InChI=1S/C16H25N3O2/c1-19(13-7-10-17-11-8-13)12-9-16(20)18-14-5-3-4-6-15(14)21-2/h3-6,13,17H,7-12H2,1-2H3,(H,18,20). The molecule has 21 heavy (non-hydrogen) atoms. The lowest BCUT2D eigenvalue weighted by molar-refractivity contribution is -0.116. The Kier molecular flexibility index (Phi) is 6.02. The van der Waals surface area contributed by atoms with Crippen LogP contribution in [0.5, 0.6) is 5.75 Å². The van der Waals surface area contributed by atoms with E-state index in [2.05, 4.69) is 22.6 Å². The van der Waals surface area contributed by atoms with Crippen molar-refractivity contribution in [1.29, 1.82) is 0 Å². The zero-order valence-corrected chi connectivity index (χ0v) is 12.9. The average molecular weight is 291 g/mol. The highest BCUT2D eigenvalue weighted by Crippen LogP contribution is 2.23. The fourth-order valence-corrected chi connectivity index (χ4v) is 2.67. The number of carbonyl (C=O) groups is 1. The molecule has 1 aromatic carbocycles. The van der Waals surface area contributed by atoms with Crippen molar-refractivity contribution in [2.24, 2.45) is 0 Å². The summed E-state index contributed by atoms with van der Waals surface area (Å²) in [6.45, 7) is 2.93. The smallest absolute Gasteiger partial charge is 0.225 e. The maximum Gasteiger partial charge on any atom is 0.225 e. The highest BCUT2D eigenvalue weighted by molar-refractivity contribution is 5.92. The van der Waals surface area contributed by atoms with Gasteiger partial charge in [-0.05, 0) is 45.1 Å². The normalized spacial score (nSPS) is 16.0. The molecule has 0 aliphatic carbocycles. The van der Waals surface area contributed by atoms with Crippen LogP contribution < -0.4 is 15.4 Å². The summed E-state index contributed by atoms with van der Waals surface area (Å²) in [4.78, 5) is 14.4. The summed E-state index contributed by atoms with van der Waals surface area (Å²) in [5.41, 5.74) is 0.731. The summed E-state index contributed by atoms with van der Waals surface area (Å²) >= 11 is 0. The number of nitrogens with zero attached hydrogens (tertiary/aromatic N) is 1. The van der Waals surface area contributed by atoms with Gasteiger partial charge in [-0.15, -0.1) is 0 Å². The molecular formula is C16H25N3O2. The number of para-hydroxylation sites is 2. The maximum absolute atomic E-state index is 12.1. The van der Waals surface area contributed by atoms with Crippen LogP contribution in [0.3, 0.4) is 0 Å². The van der Waals surface area contributed by atoms with Crippen molar-refractivity contribution in [1.82, 2.24) is 10.2 Å². The number of benzene rings is 1. The third-order valence-corrected chi connectivity index (χ3v) is 4.00. The molecule has 2 rings (SSSR count). The summed E-state index contributed by atoms with van der Waals surface area (Å²) in [6.07, 6.45) is 2.81. The van der Waals surface area contributed by atoms with E-state index in [-0.39, 0.29) is 5.91 Å². The Hall–Kier alpha value is -1.59. The van der Waals surface area contributed by atoms with Crippen LogP contribution in [0.1, 0.15) is 19.3 Å². The van der Waals surface area contributed by atoms with Gasteiger partial charge in [-0.2, -0.15) is 0 Å². The van der Waals surface area contributed by atoms with Crippen molar-refractivity contribution in [2.45, 2.75) is 25.3 Å². The van der Waals surface area contributed by atoms with Gasteiger partial charge < -0.3 is 20.3 Å². The minimum absolute atomic E-state index is 0.0280. The molecule has 1 aliphatic rings. The first kappa shape index (κ1) is 15.8. The Morgan fingerprint density at radius 2 is 2.10 bits per heavy atom. The highest BCUT2D eigenvalue weighted by Gasteiger charge is 2.18. The highest BCUT2D eigenvalue weighted by atomic mass is 16.5. The lowest BCUT2D eigenvalue weighted by Gasteiger charge is -2.31. The molecule has 1 fully saturated rings. The number of ether oxygens (including phenoxy) is 1. The van der Waals surface area contributed by atoms with E-state index in [0.29, 0.717) is 18.2 Å². The van der Waals surface area contributed by atoms with Gasteiger partial charge in [-0.1, -0.05) is 12.1 Å². The van der Waals surface area contributed by atoms with Crippen molar-refractivity contribution < 1.29 is 9.53 Å².